The molecular formula is C11H9ClFNO. The third-order valence-corrected chi connectivity index (χ3v) is 1.97. The van der Waals surface area contributed by atoms with Crippen molar-refractivity contribution in [1.29, 1.82) is 0 Å². The van der Waals surface area contributed by atoms with Crippen molar-refractivity contribution < 1.29 is 9.18 Å². The van der Waals surface area contributed by atoms with Gasteiger partial charge in [-0.3, -0.25) is 4.79 Å². The second-order valence-electron chi connectivity index (χ2n) is 2.83. The summed E-state index contributed by atoms with van der Waals surface area (Å²) in [4.78, 5) is 11.4. The number of amides is 1. The van der Waals surface area contributed by atoms with Crippen molar-refractivity contribution in [3.8, 4) is 12.3 Å². The quantitative estimate of drug-likeness (QED) is 0.620. The van der Waals surface area contributed by atoms with Crippen LogP contribution in [0, 0.1) is 18.2 Å². The van der Waals surface area contributed by atoms with Gasteiger partial charge in [-0.05, 0) is 18.2 Å². The fourth-order valence-corrected chi connectivity index (χ4v) is 1.18. The maximum atomic E-state index is 13.2. The predicted octanol–water partition coefficient (Wildman–Crippen LogP) is 2.23. The number of nitrogens with one attached hydrogen (secondary N) is 1. The predicted molar refractivity (Wildman–Crippen MR) is 57.2 cm³/mol. The Kier molecular flexibility index (Phi) is 4.14. The van der Waals surface area contributed by atoms with Crippen LogP contribution in [0.25, 0.3) is 0 Å². The van der Waals surface area contributed by atoms with Gasteiger partial charge in [0.1, 0.15) is 5.82 Å². The van der Waals surface area contributed by atoms with E-state index in [4.69, 9.17) is 18.0 Å². The summed E-state index contributed by atoms with van der Waals surface area (Å²) in [6.07, 6.45) is 5.43. The van der Waals surface area contributed by atoms with Gasteiger partial charge in [-0.15, -0.1) is 12.3 Å². The molecule has 0 saturated heterocycles. The van der Waals surface area contributed by atoms with E-state index >= 15 is 0 Å². The van der Waals surface area contributed by atoms with E-state index in [1.165, 1.54) is 12.1 Å². The van der Waals surface area contributed by atoms with Gasteiger partial charge in [-0.1, -0.05) is 11.6 Å². The highest BCUT2D eigenvalue weighted by Crippen LogP contribution is 2.14. The SMILES string of the molecule is C#CCCNC(=O)c1ccc(Cl)cc1F. The smallest absolute Gasteiger partial charge is 0.254 e. The summed E-state index contributed by atoms with van der Waals surface area (Å²) in [6, 6.07) is 3.89. The van der Waals surface area contributed by atoms with Crippen LogP contribution >= 0.6 is 11.6 Å². The third kappa shape index (κ3) is 3.26. The molecule has 78 valence electrons. The number of benzene rings is 1. The van der Waals surface area contributed by atoms with Crippen LogP contribution in [0.2, 0.25) is 5.02 Å². The summed E-state index contributed by atoms with van der Waals surface area (Å²) in [5.74, 6) is 1.24. The highest BCUT2D eigenvalue weighted by atomic mass is 35.5. The summed E-state index contributed by atoms with van der Waals surface area (Å²) in [6.45, 7) is 0.331. The van der Waals surface area contributed by atoms with Crippen LogP contribution in [-0.4, -0.2) is 12.5 Å². The average Bonchev–Trinajstić information content (AvgIpc) is 2.17. The summed E-state index contributed by atoms with van der Waals surface area (Å²) >= 11 is 5.55. The molecule has 0 radical (unpaired) electrons. The Labute approximate surface area is 92.4 Å². The van der Waals surface area contributed by atoms with E-state index in [1.54, 1.807) is 0 Å². The highest BCUT2D eigenvalue weighted by molar-refractivity contribution is 6.30. The molecule has 1 rings (SSSR count). The number of rotatable bonds is 3. The zero-order valence-electron chi connectivity index (χ0n) is 7.89. The van der Waals surface area contributed by atoms with Gasteiger partial charge in [-0.2, -0.15) is 0 Å². The largest absolute Gasteiger partial charge is 0.351 e. The molecule has 15 heavy (non-hydrogen) atoms. The van der Waals surface area contributed by atoms with Crippen molar-refractivity contribution in [3.63, 3.8) is 0 Å². The molecule has 1 aromatic rings. The van der Waals surface area contributed by atoms with Crippen molar-refractivity contribution in [2.24, 2.45) is 0 Å². The van der Waals surface area contributed by atoms with Crippen LogP contribution in [-0.2, 0) is 0 Å². The molecule has 0 saturated carbocycles. The van der Waals surface area contributed by atoms with E-state index in [2.05, 4.69) is 11.2 Å². The molecule has 4 heteroatoms. The Hall–Kier alpha value is -1.53. The fraction of sp³-hybridized carbons (Fsp3) is 0.182. The number of carbonyl (C=O) groups excluding carboxylic acids is 1. The molecule has 0 aromatic heterocycles. The Morgan fingerprint density at radius 3 is 2.93 bits per heavy atom. The molecule has 1 N–H and O–H groups in total. The normalized spacial score (nSPS) is 9.40. The standard InChI is InChI=1S/C11H9ClFNO/c1-2-3-6-14-11(15)9-5-4-8(12)7-10(9)13/h1,4-5,7H,3,6H2,(H,14,15). The second-order valence-corrected chi connectivity index (χ2v) is 3.27. The Balaban J connectivity index is 2.70. The zero-order valence-corrected chi connectivity index (χ0v) is 8.64. The van der Waals surface area contributed by atoms with Crippen LogP contribution < -0.4 is 5.32 Å². The Morgan fingerprint density at radius 2 is 2.33 bits per heavy atom. The number of hydrogen-bond acceptors (Lipinski definition) is 1. The summed E-state index contributed by atoms with van der Waals surface area (Å²) in [5.41, 5.74) is -0.0311. The topological polar surface area (TPSA) is 29.1 Å². The lowest BCUT2D eigenvalue weighted by atomic mass is 10.2. The monoisotopic (exact) mass is 225 g/mol. The van der Waals surface area contributed by atoms with E-state index in [0.717, 1.165) is 6.07 Å². The van der Waals surface area contributed by atoms with E-state index < -0.39 is 11.7 Å². The molecule has 0 unspecified atom stereocenters. The molecule has 0 fully saturated rings. The molecule has 1 aromatic carbocycles. The van der Waals surface area contributed by atoms with Crippen LogP contribution in [0.5, 0.6) is 0 Å². The summed E-state index contributed by atoms with van der Waals surface area (Å²) in [7, 11) is 0. The minimum atomic E-state index is -0.638. The Bertz CT molecular complexity index is 412. The van der Waals surface area contributed by atoms with E-state index in [0.29, 0.717) is 13.0 Å². The first-order valence-corrected chi connectivity index (χ1v) is 4.69. The average molecular weight is 226 g/mol. The van der Waals surface area contributed by atoms with Gasteiger partial charge in [0.15, 0.2) is 0 Å². The molecule has 1 amide bonds. The molecule has 0 heterocycles. The van der Waals surface area contributed by atoms with Crippen LogP contribution in [0.3, 0.4) is 0 Å². The lowest BCUT2D eigenvalue weighted by Gasteiger charge is -2.04. The van der Waals surface area contributed by atoms with Crippen molar-refractivity contribution >= 4 is 17.5 Å². The molecule has 0 aliphatic rings. The molecule has 0 spiro atoms. The summed E-state index contributed by atoms with van der Waals surface area (Å²) < 4.78 is 13.2. The minimum absolute atomic E-state index is 0.0311. The number of terminal acetylenes is 1. The lowest BCUT2D eigenvalue weighted by molar-refractivity contribution is 0.0950. The Morgan fingerprint density at radius 1 is 1.60 bits per heavy atom. The number of carbonyl (C=O) groups is 1. The zero-order chi connectivity index (χ0) is 11.3. The molecule has 2 nitrogen and oxygen atoms in total. The van der Waals surface area contributed by atoms with Crippen molar-refractivity contribution in [2.75, 3.05) is 6.54 Å². The van der Waals surface area contributed by atoms with Crippen molar-refractivity contribution in [1.82, 2.24) is 5.32 Å². The third-order valence-electron chi connectivity index (χ3n) is 1.73. The van der Waals surface area contributed by atoms with E-state index in [-0.39, 0.29) is 10.6 Å². The van der Waals surface area contributed by atoms with Crippen LogP contribution in [0.15, 0.2) is 18.2 Å². The van der Waals surface area contributed by atoms with E-state index in [9.17, 15) is 9.18 Å². The molecule has 0 aliphatic heterocycles. The molecule has 0 aliphatic carbocycles. The second kappa shape index (κ2) is 5.38. The first-order chi connectivity index (χ1) is 7.15. The van der Waals surface area contributed by atoms with Gasteiger partial charge < -0.3 is 5.32 Å². The van der Waals surface area contributed by atoms with Crippen molar-refractivity contribution in [3.05, 3.63) is 34.6 Å². The van der Waals surface area contributed by atoms with Gasteiger partial charge in [0.25, 0.3) is 5.91 Å². The molecular weight excluding hydrogens is 217 g/mol. The number of hydrogen-bond donors (Lipinski definition) is 1. The van der Waals surface area contributed by atoms with E-state index in [1.807, 2.05) is 0 Å². The molecule has 0 atom stereocenters. The van der Waals surface area contributed by atoms with Crippen LogP contribution in [0.4, 0.5) is 4.39 Å². The van der Waals surface area contributed by atoms with Gasteiger partial charge in [0, 0.05) is 18.0 Å². The maximum absolute atomic E-state index is 13.2. The minimum Gasteiger partial charge on any atom is -0.351 e. The van der Waals surface area contributed by atoms with Gasteiger partial charge in [0.2, 0.25) is 0 Å². The van der Waals surface area contributed by atoms with Gasteiger partial charge in [-0.25, -0.2) is 4.39 Å². The summed E-state index contributed by atoms with van der Waals surface area (Å²) in [5, 5.41) is 2.75. The highest BCUT2D eigenvalue weighted by Gasteiger charge is 2.10. The lowest BCUT2D eigenvalue weighted by Crippen LogP contribution is -2.25. The first kappa shape index (κ1) is 11.5. The van der Waals surface area contributed by atoms with Crippen molar-refractivity contribution in [2.45, 2.75) is 6.42 Å². The first-order valence-electron chi connectivity index (χ1n) is 4.32. The van der Waals surface area contributed by atoms with Gasteiger partial charge >= 0.3 is 0 Å². The maximum Gasteiger partial charge on any atom is 0.254 e. The number of halogens is 2. The van der Waals surface area contributed by atoms with Gasteiger partial charge in [0.05, 0.1) is 5.56 Å². The fourth-order valence-electron chi connectivity index (χ4n) is 1.02. The van der Waals surface area contributed by atoms with Crippen LogP contribution in [0.1, 0.15) is 16.8 Å². The molecule has 0 bridgehead atoms.